The summed E-state index contributed by atoms with van der Waals surface area (Å²) in [6.45, 7) is 0. The third-order valence-corrected chi connectivity index (χ3v) is 4.78. The van der Waals surface area contributed by atoms with Gasteiger partial charge in [0.25, 0.3) is 0 Å². The Morgan fingerprint density at radius 3 is 2.48 bits per heavy atom. The Hall–Kier alpha value is -2.30. The minimum absolute atomic E-state index is 0.0829. The number of hydrogen-bond donors (Lipinski definition) is 1. The predicted molar refractivity (Wildman–Crippen MR) is 88.7 cm³/mol. The molecule has 2 aromatic carbocycles. The molecule has 0 atom stereocenters. The molecule has 2 N–H and O–H groups in total. The van der Waals surface area contributed by atoms with Gasteiger partial charge in [-0.1, -0.05) is 22.0 Å². The topological polar surface area (TPSA) is 95.3 Å². The Kier molecular flexibility index (Phi) is 4.35. The number of nitrogens with zero attached hydrogens (tertiary/aromatic N) is 1. The van der Waals surface area contributed by atoms with E-state index in [9.17, 15) is 22.0 Å². The third kappa shape index (κ3) is 3.28. The molecule has 3 rings (SSSR count). The molecule has 0 aliphatic carbocycles. The van der Waals surface area contributed by atoms with Crippen LogP contribution in [0.15, 0.2) is 61.2 Å². The Labute approximate surface area is 148 Å². The number of oxazole rings is 1. The monoisotopic (exact) mass is 430 g/mol. The van der Waals surface area contributed by atoms with Crippen molar-refractivity contribution < 1.29 is 21.6 Å². The number of primary sulfonamides is 1. The molecule has 0 aliphatic heterocycles. The Bertz CT molecular complexity index is 1140. The summed E-state index contributed by atoms with van der Waals surface area (Å²) in [4.78, 5) is 11.0. The van der Waals surface area contributed by atoms with Crippen molar-refractivity contribution in [3.05, 3.63) is 69.3 Å². The van der Waals surface area contributed by atoms with Crippen LogP contribution in [0, 0.1) is 11.6 Å². The van der Waals surface area contributed by atoms with E-state index in [-0.39, 0.29) is 11.3 Å². The minimum atomic E-state index is -4.43. The van der Waals surface area contributed by atoms with E-state index in [1.54, 1.807) is 24.3 Å². The molecule has 3 aromatic rings. The number of sulfonamides is 1. The predicted octanol–water partition coefficient (Wildman–Crippen LogP) is 2.79. The fourth-order valence-corrected chi connectivity index (χ4v) is 3.28. The Morgan fingerprint density at radius 2 is 1.84 bits per heavy atom. The van der Waals surface area contributed by atoms with Gasteiger partial charge in [-0.3, -0.25) is 0 Å². The van der Waals surface area contributed by atoms with Crippen molar-refractivity contribution >= 4 is 26.0 Å². The highest BCUT2D eigenvalue weighted by Crippen LogP contribution is 2.29. The number of halogens is 3. The standard InChI is InChI=1S/C15H9BrF2N2O4S/c16-8-2-1-3-9(4-8)20-13(7-24-15(20)21)10-5-12(18)14(6-11(10)17)25(19,22)23/h1-7H,(H2,19,22,23). The summed E-state index contributed by atoms with van der Waals surface area (Å²) in [6.07, 6.45) is 0.956. The quantitative estimate of drug-likeness (QED) is 0.690. The maximum absolute atomic E-state index is 14.4. The van der Waals surface area contributed by atoms with Crippen molar-refractivity contribution in [3.8, 4) is 16.9 Å². The van der Waals surface area contributed by atoms with Gasteiger partial charge in [0.05, 0.1) is 11.4 Å². The average molecular weight is 431 g/mol. The first-order valence-corrected chi connectivity index (χ1v) is 9.01. The van der Waals surface area contributed by atoms with Crippen LogP contribution < -0.4 is 10.9 Å². The molecule has 0 radical (unpaired) electrons. The van der Waals surface area contributed by atoms with Crippen molar-refractivity contribution in [2.45, 2.75) is 4.90 Å². The van der Waals surface area contributed by atoms with Crippen molar-refractivity contribution in [2.75, 3.05) is 0 Å². The molecule has 0 bridgehead atoms. The highest BCUT2D eigenvalue weighted by molar-refractivity contribution is 9.10. The smallest absolute Gasteiger partial charge is 0.415 e. The largest absolute Gasteiger partial charge is 0.424 e. The third-order valence-electron chi connectivity index (χ3n) is 3.37. The molecule has 0 fully saturated rings. The Balaban J connectivity index is 2.26. The first-order valence-electron chi connectivity index (χ1n) is 6.67. The normalized spacial score (nSPS) is 11.7. The molecule has 0 amide bonds. The van der Waals surface area contributed by atoms with E-state index in [4.69, 9.17) is 9.56 Å². The lowest BCUT2D eigenvalue weighted by Gasteiger charge is -2.09. The van der Waals surface area contributed by atoms with Crippen LogP contribution in [-0.2, 0) is 10.0 Å². The number of aromatic nitrogens is 1. The van der Waals surface area contributed by atoms with Crippen molar-refractivity contribution in [3.63, 3.8) is 0 Å². The zero-order valence-corrected chi connectivity index (χ0v) is 14.6. The highest BCUT2D eigenvalue weighted by atomic mass is 79.9. The molecule has 130 valence electrons. The van der Waals surface area contributed by atoms with E-state index in [1.165, 1.54) is 0 Å². The molecule has 10 heteroatoms. The second-order valence-corrected chi connectivity index (χ2v) is 7.46. The summed E-state index contributed by atoms with van der Waals surface area (Å²) >= 11 is 3.25. The van der Waals surface area contributed by atoms with Gasteiger partial charge >= 0.3 is 5.76 Å². The number of nitrogens with two attached hydrogens (primary N) is 1. The van der Waals surface area contributed by atoms with Gasteiger partial charge in [-0.2, -0.15) is 0 Å². The molecule has 0 unspecified atom stereocenters. The molecule has 0 saturated heterocycles. The molecule has 0 saturated carbocycles. The van der Waals surface area contributed by atoms with Crippen LogP contribution in [0.3, 0.4) is 0 Å². The zero-order chi connectivity index (χ0) is 18.4. The van der Waals surface area contributed by atoms with Crippen molar-refractivity contribution in [2.24, 2.45) is 5.14 Å². The zero-order valence-electron chi connectivity index (χ0n) is 12.2. The first-order chi connectivity index (χ1) is 11.7. The van der Waals surface area contributed by atoms with Gasteiger partial charge in [0, 0.05) is 10.0 Å². The molecule has 1 heterocycles. The summed E-state index contributed by atoms with van der Waals surface area (Å²) in [7, 11) is -4.43. The van der Waals surface area contributed by atoms with Crippen LogP contribution in [0.2, 0.25) is 0 Å². The van der Waals surface area contributed by atoms with Crippen LogP contribution in [0.5, 0.6) is 0 Å². The lowest BCUT2D eigenvalue weighted by molar-refractivity contribution is 0.504. The van der Waals surface area contributed by atoms with Gasteiger partial charge in [-0.05, 0) is 30.3 Å². The number of hydrogen-bond acceptors (Lipinski definition) is 4. The van der Waals surface area contributed by atoms with Gasteiger partial charge < -0.3 is 4.42 Å². The molecule has 6 nitrogen and oxygen atoms in total. The summed E-state index contributed by atoms with van der Waals surface area (Å²) < 4.78 is 57.5. The fourth-order valence-electron chi connectivity index (χ4n) is 2.30. The number of benzene rings is 2. The minimum Gasteiger partial charge on any atom is -0.415 e. The maximum Gasteiger partial charge on any atom is 0.424 e. The van der Waals surface area contributed by atoms with Crippen molar-refractivity contribution in [1.82, 2.24) is 4.57 Å². The van der Waals surface area contributed by atoms with Gasteiger partial charge in [0.1, 0.15) is 22.8 Å². The summed E-state index contributed by atoms with van der Waals surface area (Å²) in [5.74, 6) is -3.13. The van der Waals surface area contributed by atoms with E-state index in [2.05, 4.69) is 15.9 Å². The summed E-state index contributed by atoms with van der Waals surface area (Å²) in [5.41, 5.74) is -0.0883. The van der Waals surface area contributed by atoms with Crippen LogP contribution in [0.4, 0.5) is 8.78 Å². The second-order valence-electron chi connectivity index (χ2n) is 5.01. The van der Waals surface area contributed by atoms with Crippen LogP contribution in [0.1, 0.15) is 0 Å². The fraction of sp³-hybridized carbons (Fsp3) is 0. The van der Waals surface area contributed by atoms with Gasteiger partial charge in [0.2, 0.25) is 10.0 Å². The molecule has 0 spiro atoms. The molecule has 0 aliphatic rings. The summed E-state index contributed by atoms with van der Waals surface area (Å²) in [6, 6.07) is 7.61. The van der Waals surface area contributed by atoms with E-state index < -0.39 is 32.3 Å². The van der Waals surface area contributed by atoms with Crippen LogP contribution in [-0.4, -0.2) is 13.0 Å². The van der Waals surface area contributed by atoms with E-state index in [0.717, 1.165) is 10.8 Å². The lowest BCUT2D eigenvalue weighted by atomic mass is 10.1. The van der Waals surface area contributed by atoms with Gasteiger partial charge in [-0.15, -0.1) is 0 Å². The van der Waals surface area contributed by atoms with E-state index >= 15 is 0 Å². The van der Waals surface area contributed by atoms with E-state index in [0.29, 0.717) is 22.3 Å². The van der Waals surface area contributed by atoms with Crippen LogP contribution >= 0.6 is 15.9 Å². The SMILES string of the molecule is NS(=O)(=O)c1cc(F)c(-c2coc(=O)n2-c2cccc(Br)c2)cc1F. The van der Waals surface area contributed by atoms with Gasteiger partial charge in [-0.25, -0.2) is 31.7 Å². The maximum atomic E-state index is 14.4. The van der Waals surface area contributed by atoms with Crippen LogP contribution in [0.25, 0.3) is 16.9 Å². The Morgan fingerprint density at radius 1 is 1.12 bits per heavy atom. The highest BCUT2D eigenvalue weighted by Gasteiger charge is 2.22. The van der Waals surface area contributed by atoms with Crippen molar-refractivity contribution in [1.29, 1.82) is 0 Å². The average Bonchev–Trinajstić information content (AvgIpc) is 2.89. The lowest BCUT2D eigenvalue weighted by Crippen LogP contribution is -2.16. The van der Waals surface area contributed by atoms with Gasteiger partial charge in [0.15, 0.2) is 0 Å². The first kappa shape index (κ1) is 17.5. The molecule has 1 aromatic heterocycles. The molecular weight excluding hydrogens is 422 g/mol. The second kappa shape index (κ2) is 6.21. The summed E-state index contributed by atoms with van der Waals surface area (Å²) in [5, 5.41) is 4.84. The van der Waals surface area contributed by atoms with E-state index in [1.807, 2.05) is 0 Å². The number of rotatable bonds is 3. The molecule has 25 heavy (non-hydrogen) atoms. The molecular formula is C15H9BrF2N2O4S.